The van der Waals surface area contributed by atoms with Crippen molar-refractivity contribution in [2.75, 3.05) is 12.4 Å². The van der Waals surface area contributed by atoms with E-state index in [1.54, 1.807) is 36.4 Å². The van der Waals surface area contributed by atoms with Crippen LogP contribution in [0.25, 0.3) is 0 Å². The lowest BCUT2D eigenvalue weighted by atomic mass is 10.0. The zero-order valence-corrected chi connectivity index (χ0v) is 13.0. The summed E-state index contributed by atoms with van der Waals surface area (Å²) < 4.78 is 23.8. The van der Waals surface area contributed by atoms with E-state index in [0.717, 1.165) is 0 Å². The van der Waals surface area contributed by atoms with Crippen LogP contribution in [-0.2, 0) is 15.9 Å². The minimum absolute atomic E-state index is 0.0457. The average molecular weight is 327 g/mol. The predicted octanol–water partition coefficient (Wildman–Crippen LogP) is 2.37. The standard InChI is InChI=1S/C16H13N3O3S/c1-22-16-15(18-23(21)19-16)17-13-9-7-12(8-10-13)14(20)11-5-3-2-4-6-11/h2-10H,1H3,(H,17,18). The second kappa shape index (κ2) is 6.53. The van der Waals surface area contributed by atoms with E-state index in [1.165, 1.54) is 7.11 Å². The summed E-state index contributed by atoms with van der Waals surface area (Å²) >= 11 is -1.66. The third-order valence-electron chi connectivity index (χ3n) is 3.17. The molecular formula is C16H13N3O3S. The van der Waals surface area contributed by atoms with Crippen LogP contribution in [0.1, 0.15) is 15.9 Å². The summed E-state index contributed by atoms with van der Waals surface area (Å²) in [6.07, 6.45) is 0. The van der Waals surface area contributed by atoms with E-state index < -0.39 is 11.2 Å². The number of methoxy groups -OCH3 is 1. The van der Waals surface area contributed by atoms with Gasteiger partial charge in [-0.15, -0.1) is 8.80 Å². The lowest BCUT2D eigenvalue weighted by molar-refractivity contribution is 0.103. The molecule has 1 N–H and O–H groups in total. The van der Waals surface area contributed by atoms with Gasteiger partial charge in [0.15, 0.2) is 5.78 Å². The van der Waals surface area contributed by atoms with Gasteiger partial charge in [0.25, 0.3) is 17.1 Å². The summed E-state index contributed by atoms with van der Waals surface area (Å²) in [5.74, 6) is 0.441. The van der Waals surface area contributed by atoms with Crippen molar-refractivity contribution in [3.05, 3.63) is 65.7 Å². The average Bonchev–Trinajstić information content (AvgIpc) is 2.95. The van der Waals surface area contributed by atoms with E-state index in [2.05, 4.69) is 14.1 Å². The number of amidine groups is 1. The molecule has 6 nitrogen and oxygen atoms in total. The van der Waals surface area contributed by atoms with Gasteiger partial charge in [0.05, 0.1) is 7.11 Å². The third-order valence-corrected chi connectivity index (χ3v) is 3.83. The second-order valence-corrected chi connectivity index (χ2v) is 5.50. The first-order valence-corrected chi connectivity index (χ1v) is 7.84. The molecule has 3 rings (SSSR count). The molecule has 0 spiro atoms. The lowest BCUT2D eigenvalue weighted by Crippen LogP contribution is -2.21. The van der Waals surface area contributed by atoms with Crippen molar-refractivity contribution in [3.8, 4) is 0 Å². The summed E-state index contributed by atoms with van der Waals surface area (Å²) in [6.45, 7) is 0. The molecule has 1 unspecified atom stereocenters. The van der Waals surface area contributed by atoms with Gasteiger partial charge in [-0.25, -0.2) is 4.21 Å². The van der Waals surface area contributed by atoms with Gasteiger partial charge in [0.1, 0.15) is 0 Å². The maximum atomic E-state index is 12.3. The van der Waals surface area contributed by atoms with Gasteiger partial charge in [0, 0.05) is 16.8 Å². The topological polar surface area (TPSA) is 80.1 Å². The fraction of sp³-hybridized carbons (Fsp3) is 0.0625. The first-order chi connectivity index (χ1) is 11.2. The summed E-state index contributed by atoms with van der Waals surface area (Å²) in [5, 5.41) is 2.97. The highest BCUT2D eigenvalue weighted by Gasteiger charge is 2.19. The number of carbonyl (C=O) groups is 1. The third kappa shape index (κ3) is 3.35. The molecule has 0 saturated heterocycles. The molecule has 23 heavy (non-hydrogen) atoms. The Bertz CT molecular complexity index is 814. The molecule has 0 fully saturated rings. The van der Waals surface area contributed by atoms with Gasteiger partial charge in [0.2, 0.25) is 5.84 Å². The number of anilines is 1. The van der Waals surface area contributed by atoms with Crippen LogP contribution in [0.3, 0.4) is 0 Å². The smallest absolute Gasteiger partial charge is 0.271 e. The fourth-order valence-corrected chi connectivity index (χ4v) is 2.68. The van der Waals surface area contributed by atoms with Crippen LogP contribution in [0.5, 0.6) is 0 Å². The van der Waals surface area contributed by atoms with E-state index >= 15 is 0 Å². The normalized spacial score (nSPS) is 16.5. The van der Waals surface area contributed by atoms with Gasteiger partial charge in [-0.2, -0.15) is 0 Å². The Kier molecular flexibility index (Phi) is 4.29. The zero-order chi connectivity index (χ0) is 16.2. The largest absolute Gasteiger partial charge is 0.478 e. The molecule has 0 aliphatic carbocycles. The number of nitrogens with zero attached hydrogens (tertiary/aromatic N) is 2. The summed E-state index contributed by atoms with van der Waals surface area (Å²) in [7, 11) is 1.43. The SMILES string of the molecule is COC1=NS(=O)N=C1Nc1ccc(C(=O)c2ccccc2)cc1. The monoisotopic (exact) mass is 327 g/mol. The molecule has 0 saturated carbocycles. The van der Waals surface area contributed by atoms with Crippen molar-refractivity contribution in [2.24, 2.45) is 8.80 Å². The van der Waals surface area contributed by atoms with Crippen molar-refractivity contribution in [1.82, 2.24) is 0 Å². The van der Waals surface area contributed by atoms with Crippen LogP contribution in [0, 0.1) is 0 Å². The number of carbonyl (C=O) groups excluding carboxylic acids is 1. The predicted molar refractivity (Wildman–Crippen MR) is 90.0 cm³/mol. The molecular weight excluding hydrogens is 314 g/mol. The summed E-state index contributed by atoms with van der Waals surface area (Å²) in [5.41, 5.74) is 1.91. The molecule has 1 atom stereocenters. The Morgan fingerprint density at radius 2 is 1.65 bits per heavy atom. The van der Waals surface area contributed by atoms with E-state index in [0.29, 0.717) is 22.6 Å². The first-order valence-electron chi connectivity index (χ1n) is 6.78. The van der Waals surface area contributed by atoms with Crippen LogP contribution in [0.15, 0.2) is 63.4 Å². The number of hydrogen-bond donors (Lipinski definition) is 1. The van der Waals surface area contributed by atoms with E-state index in [1.807, 2.05) is 18.2 Å². The second-order valence-electron chi connectivity index (χ2n) is 4.67. The number of benzene rings is 2. The summed E-state index contributed by atoms with van der Waals surface area (Å²) in [6, 6.07) is 16.0. The highest BCUT2D eigenvalue weighted by molar-refractivity contribution is 7.83. The minimum Gasteiger partial charge on any atom is -0.478 e. The molecule has 1 aliphatic rings. The van der Waals surface area contributed by atoms with Crippen LogP contribution in [0.4, 0.5) is 5.69 Å². The molecule has 2 aromatic rings. The molecule has 0 aromatic heterocycles. The van der Waals surface area contributed by atoms with Crippen molar-refractivity contribution in [3.63, 3.8) is 0 Å². The lowest BCUT2D eigenvalue weighted by Gasteiger charge is -2.07. The van der Waals surface area contributed by atoms with Gasteiger partial charge in [-0.3, -0.25) is 4.79 Å². The van der Waals surface area contributed by atoms with Crippen LogP contribution in [0.2, 0.25) is 0 Å². The molecule has 1 aliphatic heterocycles. The quantitative estimate of drug-likeness (QED) is 0.878. The Morgan fingerprint density at radius 1 is 1.00 bits per heavy atom. The maximum Gasteiger partial charge on any atom is 0.271 e. The highest BCUT2D eigenvalue weighted by Crippen LogP contribution is 2.15. The number of ether oxygens (including phenoxy) is 1. The molecule has 0 amide bonds. The number of ketones is 1. The van der Waals surface area contributed by atoms with Gasteiger partial charge >= 0.3 is 0 Å². The van der Waals surface area contributed by atoms with Crippen molar-refractivity contribution >= 4 is 34.4 Å². The van der Waals surface area contributed by atoms with E-state index in [-0.39, 0.29) is 11.7 Å². The fourth-order valence-electron chi connectivity index (χ4n) is 2.06. The van der Waals surface area contributed by atoms with Gasteiger partial charge in [-0.05, 0) is 24.3 Å². The van der Waals surface area contributed by atoms with E-state index in [9.17, 15) is 9.00 Å². The Balaban J connectivity index is 1.76. The maximum absolute atomic E-state index is 12.3. The molecule has 0 radical (unpaired) electrons. The Morgan fingerprint density at radius 3 is 2.30 bits per heavy atom. The molecule has 0 bridgehead atoms. The van der Waals surface area contributed by atoms with Gasteiger partial charge < -0.3 is 10.1 Å². The van der Waals surface area contributed by atoms with E-state index in [4.69, 9.17) is 4.74 Å². The summed E-state index contributed by atoms with van der Waals surface area (Å²) in [4.78, 5) is 12.3. The Labute approximate surface area is 135 Å². The highest BCUT2D eigenvalue weighted by atomic mass is 32.2. The minimum atomic E-state index is -1.66. The molecule has 7 heteroatoms. The Hall–Kier alpha value is -2.80. The van der Waals surface area contributed by atoms with Crippen LogP contribution in [-0.4, -0.2) is 28.8 Å². The van der Waals surface area contributed by atoms with Crippen LogP contribution < -0.4 is 5.32 Å². The molecule has 2 aromatic carbocycles. The first kappa shape index (κ1) is 15.1. The molecule has 1 heterocycles. The van der Waals surface area contributed by atoms with Crippen molar-refractivity contribution < 1.29 is 13.7 Å². The number of nitrogens with one attached hydrogen (secondary N) is 1. The molecule has 116 valence electrons. The van der Waals surface area contributed by atoms with Crippen molar-refractivity contribution in [1.29, 1.82) is 0 Å². The van der Waals surface area contributed by atoms with Crippen LogP contribution >= 0.6 is 0 Å². The van der Waals surface area contributed by atoms with Gasteiger partial charge in [-0.1, -0.05) is 30.3 Å². The number of rotatable bonds is 3. The zero-order valence-electron chi connectivity index (χ0n) is 12.2. The number of hydrogen-bond acceptors (Lipinski definition) is 4. The van der Waals surface area contributed by atoms with Crippen molar-refractivity contribution in [2.45, 2.75) is 0 Å².